The first-order valence-corrected chi connectivity index (χ1v) is 11.8. The van der Waals surface area contributed by atoms with Gasteiger partial charge in [0.05, 0.1) is 18.1 Å². The van der Waals surface area contributed by atoms with Gasteiger partial charge in [-0.3, -0.25) is 4.79 Å². The van der Waals surface area contributed by atoms with Gasteiger partial charge < -0.3 is 14.8 Å². The van der Waals surface area contributed by atoms with Gasteiger partial charge in [0.15, 0.2) is 5.78 Å². The van der Waals surface area contributed by atoms with Gasteiger partial charge in [-0.05, 0) is 57.9 Å². The molecule has 1 aromatic rings. The maximum atomic E-state index is 13.5. The van der Waals surface area contributed by atoms with E-state index in [-0.39, 0.29) is 17.9 Å². The van der Waals surface area contributed by atoms with Gasteiger partial charge in [-0.1, -0.05) is 31.5 Å². The molecule has 5 nitrogen and oxygen atoms in total. The van der Waals surface area contributed by atoms with Gasteiger partial charge in [-0.2, -0.15) is 0 Å². The molecule has 0 unspecified atom stereocenters. The van der Waals surface area contributed by atoms with Crippen LogP contribution in [0.5, 0.6) is 5.75 Å². The van der Waals surface area contributed by atoms with Gasteiger partial charge in [0.25, 0.3) is 0 Å². The van der Waals surface area contributed by atoms with Gasteiger partial charge >= 0.3 is 5.97 Å². The molecule has 5 heteroatoms. The van der Waals surface area contributed by atoms with Crippen molar-refractivity contribution < 1.29 is 19.1 Å². The second-order valence-electron chi connectivity index (χ2n) is 8.82. The van der Waals surface area contributed by atoms with Crippen LogP contribution in [0.15, 0.2) is 46.8 Å². The highest BCUT2D eigenvalue weighted by Gasteiger charge is 2.40. The van der Waals surface area contributed by atoms with Crippen LogP contribution in [0, 0.1) is 0 Å². The molecular formula is C26H33NO4. The Morgan fingerprint density at radius 3 is 2.65 bits per heavy atom. The summed E-state index contributed by atoms with van der Waals surface area (Å²) in [6, 6.07) is 7.79. The average molecular weight is 424 g/mol. The molecule has 0 aromatic heterocycles. The second kappa shape index (κ2) is 9.71. The van der Waals surface area contributed by atoms with Gasteiger partial charge in [0.2, 0.25) is 0 Å². The lowest BCUT2D eigenvalue weighted by atomic mass is 9.75. The predicted molar refractivity (Wildman–Crippen MR) is 120 cm³/mol. The number of hydrogen-bond acceptors (Lipinski definition) is 5. The van der Waals surface area contributed by atoms with Gasteiger partial charge in [0, 0.05) is 29.0 Å². The highest BCUT2D eigenvalue weighted by atomic mass is 16.5. The fourth-order valence-electron chi connectivity index (χ4n) is 5.03. The largest absolute Gasteiger partial charge is 0.493 e. The number of esters is 1. The van der Waals surface area contributed by atoms with Crippen molar-refractivity contribution in [2.45, 2.75) is 83.7 Å². The van der Waals surface area contributed by atoms with E-state index < -0.39 is 5.92 Å². The Hall–Kier alpha value is -2.56. The van der Waals surface area contributed by atoms with E-state index in [0.717, 1.165) is 67.7 Å². The van der Waals surface area contributed by atoms with E-state index in [1.54, 1.807) is 0 Å². The van der Waals surface area contributed by atoms with Gasteiger partial charge in [0.1, 0.15) is 11.9 Å². The minimum atomic E-state index is -0.451. The highest BCUT2D eigenvalue weighted by molar-refractivity contribution is 6.04. The van der Waals surface area contributed by atoms with Crippen LogP contribution in [0.1, 0.15) is 83.1 Å². The number of allylic oxidation sites excluding steroid dienone is 3. The molecule has 0 spiro atoms. The monoisotopic (exact) mass is 423 g/mol. The molecule has 2 aliphatic carbocycles. The molecule has 1 aliphatic heterocycles. The molecule has 31 heavy (non-hydrogen) atoms. The molecule has 1 saturated carbocycles. The third kappa shape index (κ3) is 4.56. The number of hydrogen-bond donors (Lipinski definition) is 1. The molecule has 166 valence electrons. The summed E-state index contributed by atoms with van der Waals surface area (Å²) in [4.78, 5) is 26.6. The zero-order chi connectivity index (χ0) is 21.8. The fraction of sp³-hybridized carbons (Fsp3) is 0.538. The van der Waals surface area contributed by atoms with Crippen molar-refractivity contribution in [3.05, 3.63) is 52.4 Å². The number of benzene rings is 1. The van der Waals surface area contributed by atoms with E-state index in [1.807, 2.05) is 31.2 Å². The lowest BCUT2D eigenvalue weighted by Gasteiger charge is -2.35. The van der Waals surface area contributed by atoms with E-state index in [4.69, 9.17) is 9.47 Å². The van der Waals surface area contributed by atoms with E-state index in [1.165, 1.54) is 6.42 Å². The fourth-order valence-corrected chi connectivity index (χ4v) is 5.03. The lowest BCUT2D eigenvalue weighted by molar-refractivity contribution is -0.146. The number of carbonyl (C=O) groups excluding carboxylic acids is 2. The van der Waals surface area contributed by atoms with Crippen LogP contribution in [-0.4, -0.2) is 24.5 Å². The Balaban J connectivity index is 1.76. The zero-order valence-electron chi connectivity index (χ0n) is 18.7. The molecule has 1 heterocycles. The summed E-state index contributed by atoms with van der Waals surface area (Å²) in [5.74, 6) is 0.0852. The number of ether oxygens (including phenoxy) is 2. The summed E-state index contributed by atoms with van der Waals surface area (Å²) in [7, 11) is 0. The normalized spacial score (nSPS) is 22.1. The number of dihydropyridines is 1. The second-order valence-corrected chi connectivity index (χ2v) is 8.82. The van der Waals surface area contributed by atoms with Crippen LogP contribution in [0.2, 0.25) is 0 Å². The summed E-state index contributed by atoms with van der Waals surface area (Å²) in [5, 5.41) is 3.38. The van der Waals surface area contributed by atoms with E-state index in [2.05, 4.69) is 12.2 Å². The predicted octanol–water partition coefficient (Wildman–Crippen LogP) is 5.32. The smallest absolute Gasteiger partial charge is 0.337 e. The van der Waals surface area contributed by atoms with Crippen molar-refractivity contribution in [3.63, 3.8) is 0 Å². The standard InChI is InChI=1S/C26H33NO4/c1-3-16-30-22-15-8-7-12-19(22)24-23(26(29)31-18-10-5-4-6-11-18)17(2)27-20-13-9-14-21(28)25(20)24/h7-8,12,15,18,24,27H,3-6,9-11,13-14,16H2,1-2H3/t24-/m1/s1. The molecule has 0 radical (unpaired) electrons. The molecule has 0 bridgehead atoms. The van der Waals surface area contributed by atoms with Crippen LogP contribution in [-0.2, 0) is 14.3 Å². The van der Waals surface area contributed by atoms with Crippen LogP contribution in [0.25, 0.3) is 0 Å². The molecule has 1 aromatic carbocycles. The molecule has 3 aliphatic rings. The quantitative estimate of drug-likeness (QED) is 0.628. The van der Waals surface area contributed by atoms with Crippen molar-refractivity contribution in [2.75, 3.05) is 6.61 Å². The van der Waals surface area contributed by atoms with Crippen LogP contribution in [0.4, 0.5) is 0 Å². The Kier molecular flexibility index (Phi) is 6.79. The minimum Gasteiger partial charge on any atom is -0.493 e. The van der Waals surface area contributed by atoms with E-state index in [0.29, 0.717) is 24.2 Å². The molecule has 1 N–H and O–H groups in total. The van der Waals surface area contributed by atoms with Gasteiger partial charge in [-0.15, -0.1) is 0 Å². The number of Topliss-reactive ketones (excluding diaryl/α,β-unsaturated/α-hetero) is 1. The Labute approximate surface area is 184 Å². The van der Waals surface area contributed by atoms with Crippen LogP contribution < -0.4 is 10.1 Å². The first kappa shape index (κ1) is 21.7. The van der Waals surface area contributed by atoms with Gasteiger partial charge in [-0.25, -0.2) is 4.79 Å². The average Bonchev–Trinajstić information content (AvgIpc) is 2.77. The van der Waals surface area contributed by atoms with Crippen molar-refractivity contribution >= 4 is 11.8 Å². The summed E-state index contributed by atoms with van der Waals surface area (Å²) in [6.07, 6.45) is 8.24. The summed E-state index contributed by atoms with van der Waals surface area (Å²) < 4.78 is 12.0. The SMILES string of the molecule is CCCOc1ccccc1[C@@H]1C(C(=O)OC2CCCCC2)=C(C)NC2=C1C(=O)CCC2. The van der Waals surface area contributed by atoms with Crippen molar-refractivity contribution in [2.24, 2.45) is 0 Å². The zero-order valence-corrected chi connectivity index (χ0v) is 18.7. The topological polar surface area (TPSA) is 64.6 Å². The highest BCUT2D eigenvalue weighted by Crippen LogP contribution is 2.45. The van der Waals surface area contributed by atoms with Crippen molar-refractivity contribution in [1.29, 1.82) is 0 Å². The Bertz CT molecular complexity index is 908. The molecule has 1 atom stereocenters. The molecule has 0 amide bonds. The number of rotatable bonds is 6. The first-order chi connectivity index (χ1) is 15.1. The van der Waals surface area contributed by atoms with Crippen molar-refractivity contribution in [3.8, 4) is 5.75 Å². The van der Waals surface area contributed by atoms with Crippen LogP contribution in [0.3, 0.4) is 0 Å². The van der Waals surface area contributed by atoms with E-state index in [9.17, 15) is 9.59 Å². The number of nitrogens with one attached hydrogen (secondary N) is 1. The van der Waals surface area contributed by atoms with Crippen molar-refractivity contribution in [1.82, 2.24) is 5.32 Å². The molecule has 1 fully saturated rings. The molecule has 4 rings (SSSR count). The minimum absolute atomic E-state index is 0.0359. The molecule has 0 saturated heterocycles. The van der Waals surface area contributed by atoms with E-state index >= 15 is 0 Å². The first-order valence-electron chi connectivity index (χ1n) is 11.8. The Morgan fingerprint density at radius 2 is 1.87 bits per heavy atom. The number of para-hydroxylation sites is 1. The number of ketones is 1. The Morgan fingerprint density at radius 1 is 1.10 bits per heavy atom. The summed E-state index contributed by atoms with van der Waals surface area (Å²) in [6.45, 7) is 4.57. The summed E-state index contributed by atoms with van der Waals surface area (Å²) in [5.41, 5.74) is 3.85. The maximum absolute atomic E-state index is 13.5. The summed E-state index contributed by atoms with van der Waals surface area (Å²) >= 11 is 0. The van der Waals surface area contributed by atoms with Crippen LogP contribution >= 0.6 is 0 Å². The molecular weight excluding hydrogens is 390 g/mol. The third-order valence-electron chi connectivity index (χ3n) is 6.51. The lowest BCUT2D eigenvalue weighted by Crippen LogP contribution is -2.35. The third-order valence-corrected chi connectivity index (χ3v) is 6.51. The maximum Gasteiger partial charge on any atom is 0.337 e. The number of carbonyl (C=O) groups is 2.